The molecule has 0 aromatic rings. The monoisotopic (exact) mass is 164 g/mol. The van der Waals surface area contributed by atoms with Gasteiger partial charge in [-0.05, 0) is 6.92 Å². The fourth-order valence-corrected chi connectivity index (χ4v) is 2.20. The second-order valence-electron chi connectivity index (χ2n) is 2.57. The zero-order valence-corrected chi connectivity index (χ0v) is 6.45. The van der Waals surface area contributed by atoms with Crippen LogP contribution in [0.15, 0.2) is 0 Å². The van der Waals surface area contributed by atoms with Gasteiger partial charge in [-0.15, -0.1) is 0 Å². The summed E-state index contributed by atoms with van der Waals surface area (Å²) in [7, 11) is 0. The summed E-state index contributed by atoms with van der Waals surface area (Å²) in [4.78, 5) is 10.5. The van der Waals surface area contributed by atoms with Crippen molar-refractivity contribution in [2.75, 3.05) is 11.5 Å². The Balaban J connectivity index is 2.68. The summed E-state index contributed by atoms with van der Waals surface area (Å²) in [5, 5.41) is 8.60. The van der Waals surface area contributed by atoms with Crippen LogP contribution in [-0.2, 0) is 4.79 Å². The average Bonchev–Trinajstić information content (AvgIpc) is 1.57. The quantitative estimate of drug-likeness (QED) is 0.665. The predicted octanol–water partition coefficient (Wildman–Crippen LogP) is 1.16. The topological polar surface area (TPSA) is 37.3 Å². The largest absolute Gasteiger partial charge is 0.481 e. The third kappa shape index (κ3) is 0.905. The second kappa shape index (κ2) is 2.42. The maximum Gasteiger partial charge on any atom is 0.314 e. The number of rotatable bonds is 2. The number of aliphatic carboxylic acids is 1. The highest BCUT2D eigenvalue weighted by Crippen LogP contribution is 2.42. The van der Waals surface area contributed by atoms with Crippen molar-refractivity contribution >= 4 is 17.7 Å². The van der Waals surface area contributed by atoms with Crippen molar-refractivity contribution < 1.29 is 14.3 Å². The van der Waals surface area contributed by atoms with Crippen molar-refractivity contribution in [3.63, 3.8) is 0 Å². The Morgan fingerprint density at radius 1 is 1.80 bits per heavy atom. The molecule has 1 unspecified atom stereocenters. The smallest absolute Gasteiger partial charge is 0.314 e. The van der Waals surface area contributed by atoms with Crippen LogP contribution in [0.25, 0.3) is 0 Å². The van der Waals surface area contributed by atoms with Crippen LogP contribution in [0.1, 0.15) is 6.92 Å². The Labute approximate surface area is 62.8 Å². The second-order valence-corrected chi connectivity index (χ2v) is 3.56. The molecule has 2 nitrogen and oxygen atoms in total. The third-order valence-electron chi connectivity index (χ3n) is 1.91. The van der Waals surface area contributed by atoms with Gasteiger partial charge >= 0.3 is 5.97 Å². The standard InChI is InChI=1S/C6H9FO2S/c1-4(7)6(5(8)9)2-10-3-6/h4H,2-3H2,1H3,(H,8,9). The fourth-order valence-electron chi connectivity index (χ4n) is 0.845. The molecule has 0 saturated carbocycles. The maximum absolute atomic E-state index is 12.7. The lowest BCUT2D eigenvalue weighted by molar-refractivity contribution is -0.150. The van der Waals surface area contributed by atoms with E-state index in [1.54, 1.807) is 0 Å². The average molecular weight is 164 g/mol. The van der Waals surface area contributed by atoms with Gasteiger partial charge in [0.05, 0.1) is 0 Å². The molecule has 1 fully saturated rings. The first kappa shape index (κ1) is 7.85. The van der Waals surface area contributed by atoms with E-state index in [2.05, 4.69) is 0 Å². The molecule has 1 saturated heterocycles. The van der Waals surface area contributed by atoms with E-state index in [4.69, 9.17) is 5.11 Å². The molecule has 0 spiro atoms. The normalized spacial score (nSPS) is 25.0. The third-order valence-corrected chi connectivity index (χ3v) is 3.35. The van der Waals surface area contributed by atoms with E-state index in [-0.39, 0.29) is 0 Å². The first-order chi connectivity index (χ1) is 4.59. The van der Waals surface area contributed by atoms with Crippen molar-refractivity contribution in [1.82, 2.24) is 0 Å². The summed E-state index contributed by atoms with van der Waals surface area (Å²) in [5.41, 5.74) is -1.06. The van der Waals surface area contributed by atoms with Crippen LogP contribution in [0, 0.1) is 5.41 Å². The Bertz CT molecular complexity index is 154. The minimum absolute atomic E-state index is 0.417. The summed E-state index contributed by atoms with van der Waals surface area (Å²) in [6, 6.07) is 0. The molecule has 0 amide bonds. The van der Waals surface area contributed by atoms with E-state index in [0.29, 0.717) is 11.5 Å². The minimum atomic E-state index is -1.23. The SMILES string of the molecule is CC(F)C1(C(=O)O)CSC1. The Hall–Kier alpha value is -0.250. The first-order valence-corrected chi connectivity index (χ1v) is 4.20. The molecule has 1 aliphatic rings. The number of alkyl halides is 1. The summed E-state index contributed by atoms with van der Waals surface area (Å²) < 4.78 is 12.7. The molecular weight excluding hydrogens is 155 g/mol. The van der Waals surface area contributed by atoms with Crippen LogP contribution in [0.5, 0.6) is 0 Å². The van der Waals surface area contributed by atoms with E-state index in [1.807, 2.05) is 0 Å². The highest BCUT2D eigenvalue weighted by atomic mass is 32.2. The van der Waals surface area contributed by atoms with Gasteiger partial charge in [-0.25, -0.2) is 4.39 Å². The van der Waals surface area contributed by atoms with Crippen LogP contribution in [0.3, 0.4) is 0 Å². The zero-order valence-electron chi connectivity index (χ0n) is 5.63. The Morgan fingerprint density at radius 2 is 2.30 bits per heavy atom. The molecule has 0 aromatic heterocycles. The van der Waals surface area contributed by atoms with Crippen molar-refractivity contribution in [2.24, 2.45) is 5.41 Å². The van der Waals surface area contributed by atoms with Gasteiger partial charge in [0.25, 0.3) is 0 Å². The summed E-state index contributed by atoms with van der Waals surface area (Å²) in [6.45, 7) is 1.31. The van der Waals surface area contributed by atoms with Crippen LogP contribution < -0.4 is 0 Å². The number of carbonyl (C=O) groups is 1. The van der Waals surface area contributed by atoms with Crippen LogP contribution in [0.2, 0.25) is 0 Å². The lowest BCUT2D eigenvalue weighted by atomic mass is 9.87. The van der Waals surface area contributed by atoms with Gasteiger partial charge in [0.1, 0.15) is 11.6 Å². The number of hydrogen-bond acceptors (Lipinski definition) is 2. The fraction of sp³-hybridized carbons (Fsp3) is 0.833. The number of hydrogen-bond donors (Lipinski definition) is 1. The van der Waals surface area contributed by atoms with E-state index in [9.17, 15) is 9.18 Å². The number of thioether (sulfide) groups is 1. The first-order valence-electron chi connectivity index (χ1n) is 3.05. The molecule has 1 N–H and O–H groups in total. The molecule has 58 valence electrons. The lowest BCUT2D eigenvalue weighted by Crippen LogP contribution is -2.49. The molecule has 4 heteroatoms. The van der Waals surface area contributed by atoms with E-state index in [0.717, 1.165) is 0 Å². The van der Waals surface area contributed by atoms with E-state index < -0.39 is 17.6 Å². The van der Waals surface area contributed by atoms with Gasteiger partial charge in [0.15, 0.2) is 0 Å². The number of carboxylic acids is 1. The summed E-state index contributed by atoms with van der Waals surface area (Å²) in [6.07, 6.45) is -1.23. The maximum atomic E-state index is 12.7. The van der Waals surface area contributed by atoms with E-state index >= 15 is 0 Å². The van der Waals surface area contributed by atoms with Gasteiger partial charge in [-0.1, -0.05) is 0 Å². The highest BCUT2D eigenvalue weighted by Gasteiger charge is 2.50. The van der Waals surface area contributed by atoms with Crippen LogP contribution in [-0.4, -0.2) is 28.8 Å². The van der Waals surface area contributed by atoms with Gasteiger partial charge in [-0.3, -0.25) is 4.79 Å². The van der Waals surface area contributed by atoms with Crippen molar-refractivity contribution in [3.05, 3.63) is 0 Å². The van der Waals surface area contributed by atoms with Gasteiger partial charge in [0, 0.05) is 11.5 Å². The molecule has 10 heavy (non-hydrogen) atoms. The molecular formula is C6H9FO2S. The minimum Gasteiger partial charge on any atom is -0.481 e. The lowest BCUT2D eigenvalue weighted by Gasteiger charge is -2.37. The molecule has 1 aliphatic heterocycles. The van der Waals surface area contributed by atoms with Crippen molar-refractivity contribution in [2.45, 2.75) is 13.1 Å². The van der Waals surface area contributed by atoms with Gasteiger partial charge in [-0.2, -0.15) is 11.8 Å². The summed E-state index contributed by atoms with van der Waals surface area (Å²) in [5.74, 6) is -0.166. The molecule has 1 atom stereocenters. The molecule has 0 radical (unpaired) electrons. The summed E-state index contributed by atoms with van der Waals surface area (Å²) >= 11 is 1.48. The van der Waals surface area contributed by atoms with Crippen LogP contribution >= 0.6 is 11.8 Å². The number of carboxylic acid groups (broad SMARTS) is 1. The molecule has 0 aromatic carbocycles. The van der Waals surface area contributed by atoms with Crippen LogP contribution in [0.4, 0.5) is 4.39 Å². The van der Waals surface area contributed by atoms with Gasteiger partial charge < -0.3 is 5.11 Å². The van der Waals surface area contributed by atoms with Crippen molar-refractivity contribution in [3.8, 4) is 0 Å². The van der Waals surface area contributed by atoms with Crippen molar-refractivity contribution in [1.29, 1.82) is 0 Å². The molecule has 1 heterocycles. The van der Waals surface area contributed by atoms with E-state index in [1.165, 1.54) is 18.7 Å². The zero-order chi connectivity index (χ0) is 7.78. The number of halogens is 1. The Kier molecular flexibility index (Phi) is 1.90. The Morgan fingerprint density at radius 3 is 2.30 bits per heavy atom. The molecule has 0 bridgehead atoms. The predicted molar refractivity (Wildman–Crippen MR) is 38.0 cm³/mol. The molecule has 0 aliphatic carbocycles. The highest BCUT2D eigenvalue weighted by molar-refractivity contribution is 8.00. The molecule has 1 rings (SSSR count). The van der Waals surface area contributed by atoms with Gasteiger partial charge in [0.2, 0.25) is 0 Å².